The third-order valence-corrected chi connectivity index (χ3v) is 3.46. The molecule has 0 radical (unpaired) electrons. The predicted octanol–water partition coefficient (Wildman–Crippen LogP) is 2.00. The van der Waals surface area contributed by atoms with E-state index in [9.17, 15) is 4.79 Å². The highest BCUT2D eigenvalue weighted by Gasteiger charge is 2.21. The summed E-state index contributed by atoms with van der Waals surface area (Å²) in [6.07, 6.45) is 0. The topological polar surface area (TPSA) is 73.6 Å². The quantitative estimate of drug-likeness (QED) is 0.892. The molecule has 1 aromatic rings. The first kappa shape index (κ1) is 16.6. The van der Waals surface area contributed by atoms with Crippen LogP contribution in [0.4, 0.5) is 0 Å². The summed E-state index contributed by atoms with van der Waals surface area (Å²) in [5, 5.41) is 2.95. The maximum absolute atomic E-state index is 12.0. The van der Waals surface area contributed by atoms with Crippen molar-refractivity contribution >= 4 is 18.3 Å². The minimum Gasteiger partial charge on any atom is -0.454 e. The average Bonchev–Trinajstić information content (AvgIpc) is 2.84. The molecule has 0 saturated heterocycles. The number of benzene rings is 1. The molecule has 1 amide bonds. The number of halogens is 1. The number of carbonyl (C=O) groups is 1. The van der Waals surface area contributed by atoms with Gasteiger partial charge in [0.05, 0.1) is 6.04 Å². The van der Waals surface area contributed by atoms with Gasteiger partial charge in [-0.2, -0.15) is 0 Å². The highest BCUT2D eigenvalue weighted by Crippen LogP contribution is 2.34. The van der Waals surface area contributed by atoms with Crippen LogP contribution in [0.3, 0.4) is 0 Å². The number of fused-ring (bicyclic) bond motifs is 1. The van der Waals surface area contributed by atoms with E-state index in [1.54, 1.807) is 0 Å². The molecule has 5 nitrogen and oxygen atoms in total. The van der Waals surface area contributed by atoms with Crippen LogP contribution in [0.2, 0.25) is 0 Å². The Kier molecular flexibility index (Phi) is 5.65. The fourth-order valence-electron chi connectivity index (χ4n) is 1.85. The molecule has 1 aromatic carbocycles. The first-order chi connectivity index (χ1) is 8.99. The summed E-state index contributed by atoms with van der Waals surface area (Å²) in [7, 11) is 0. The molecule has 0 spiro atoms. The predicted molar refractivity (Wildman–Crippen MR) is 79.2 cm³/mol. The van der Waals surface area contributed by atoms with Crippen molar-refractivity contribution in [2.24, 2.45) is 11.7 Å². The van der Waals surface area contributed by atoms with E-state index in [0.29, 0.717) is 0 Å². The third-order valence-electron chi connectivity index (χ3n) is 3.46. The fraction of sp³-hybridized carbons (Fsp3) is 0.500. The van der Waals surface area contributed by atoms with Crippen LogP contribution in [0.1, 0.15) is 32.4 Å². The largest absolute Gasteiger partial charge is 0.454 e. The van der Waals surface area contributed by atoms with Gasteiger partial charge < -0.3 is 20.5 Å². The maximum atomic E-state index is 12.0. The molecule has 2 rings (SSSR count). The molecule has 0 aromatic heterocycles. The van der Waals surface area contributed by atoms with Gasteiger partial charge in [0.15, 0.2) is 11.5 Å². The number of amides is 1. The highest BCUT2D eigenvalue weighted by atomic mass is 35.5. The van der Waals surface area contributed by atoms with Gasteiger partial charge >= 0.3 is 0 Å². The lowest BCUT2D eigenvalue weighted by atomic mass is 10.0. The molecule has 20 heavy (non-hydrogen) atoms. The van der Waals surface area contributed by atoms with Gasteiger partial charge in [0, 0.05) is 12.0 Å². The van der Waals surface area contributed by atoms with Crippen LogP contribution in [0, 0.1) is 5.92 Å². The van der Waals surface area contributed by atoms with Crippen molar-refractivity contribution in [2.45, 2.75) is 32.9 Å². The summed E-state index contributed by atoms with van der Waals surface area (Å²) in [5.74, 6) is 1.21. The Morgan fingerprint density at radius 3 is 2.55 bits per heavy atom. The second-order valence-electron chi connectivity index (χ2n) is 4.99. The number of hydrogen-bond acceptors (Lipinski definition) is 4. The smallest absolute Gasteiger partial charge is 0.231 e. The number of rotatable bonds is 4. The maximum Gasteiger partial charge on any atom is 0.231 e. The van der Waals surface area contributed by atoms with E-state index in [2.05, 4.69) is 5.32 Å². The minimum atomic E-state index is -0.212. The third kappa shape index (κ3) is 3.55. The van der Waals surface area contributed by atoms with Gasteiger partial charge in [-0.15, -0.1) is 12.4 Å². The second-order valence-corrected chi connectivity index (χ2v) is 4.99. The zero-order valence-corrected chi connectivity index (χ0v) is 12.7. The summed E-state index contributed by atoms with van der Waals surface area (Å²) in [4.78, 5) is 12.0. The lowest BCUT2D eigenvalue weighted by Crippen LogP contribution is -2.39. The number of ether oxygens (including phenoxy) is 2. The van der Waals surface area contributed by atoms with Gasteiger partial charge in [0.2, 0.25) is 12.7 Å². The Bertz CT molecular complexity index is 479. The molecule has 6 heteroatoms. The van der Waals surface area contributed by atoms with E-state index < -0.39 is 0 Å². The van der Waals surface area contributed by atoms with Crippen LogP contribution < -0.4 is 20.5 Å². The molecule has 0 saturated carbocycles. The standard InChI is InChI=1S/C14H20N2O3.ClH/c1-8(9(2)15)14(17)16-10(3)11-4-5-12-13(6-11)19-7-18-12;/h4-6,8-10H,7,15H2,1-3H3,(H,16,17);1H. The van der Waals surface area contributed by atoms with Gasteiger partial charge in [-0.3, -0.25) is 4.79 Å². The van der Waals surface area contributed by atoms with E-state index in [4.69, 9.17) is 15.2 Å². The van der Waals surface area contributed by atoms with Crippen LogP contribution in [0.15, 0.2) is 18.2 Å². The van der Waals surface area contributed by atoms with E-state index in [-0.39, 0.29) is 43.1 Å². The van der Waals surface area contributed by atoms with Crippen LogP contribution in [0.25, 0.3) is 0 Å². The molecule has 3 unspecified atom stereocenters. The number of nitrogens with one attached hydrogen (secondary N) is 1. The van der Waals surface area contributed by atoms with E-state index in [1.807, 2.05) is 39.0 Å². The molecular weight excluding hydrogens is 280 g/mol. The zero-order chi connectivity index (χ0) is 14.0. The van der Waals surface area contributed by atoms with Gasteiger partial charge in [-0.25, -0.2) is 0 Å². The molecule has 0 fully saturated rings. The van der Waals surface area contributed by atoms with Crippen LogP contribution in [0.5, 0.6) is 11.5 Å². The van der Waals surface area contributed by atoms with Gasteiger partial charge in [-0.05, 0) is 31.5 Å². The Morgan fingerprint density at radius 1 is 1.25 bits per heavy atom. The molecule has 0 bridgehead atoms. The van der Waals surface area contributed by atoms with Crippen molar-refractivity contribution in [3.05, 3.63) is 23.8 Å². The lowest BCUT2D eigenvalue weighted by molar-refractivity contribution is -0.125. The zero-order valence-electron chi connectivity index (χ0n) is 11.9. The summed E-state index contributed by atoms with van der Waals surface area (Å²) in [6, 6.07) is 5.42. The Morgan fingerprint density at radius 2 is 1.90 bits per heavy atom. The van der Waals surface area contributed by atoms with E-state index in [1.165, 1.54) is 0 Å². The van der Waals surface area contributed by atoms with Crippen molar-refractivity contribution < 1.29 is 14.3 Å². The fourth-order valence-corrected chi connectivity index (χ4v) is 1.85. The number of hydrogen-bond donors (Lipinski definition) is 2. The van der Waals surface area contributed by atoms with Crippen molar-refractivity contribution in [1.29, 1.82) is 0 Å². The van der Waals surface area contributed by atoms with Crippen LogP contribution in [-0.4, -0.2) is 18.7 Å². The summed E-state index contributed by atoms with van der Waals surface area (Å²) >= 11 is 0. The first-order valence-corrected chi connectivity index (χ1v) is 6.44. The van der Waals surface area contributed by atoms with Gasteiger partial charge in [0.25, 0.3) is 0 Å². The molecule has 1 aliphatic rings. The highest BCUT2D eigenvalue weighted by molar-refractivity contribution is 5.85. The van der Waals surface area contributed by atoms with E-state index in [0.717, 1.165) is 17.1 Å². The van der Waals surface area contributed by atoms with Crippen LogP contribution in [-0.2, 0) is 4.79 Å². The summed E-state index contributed by atoms with van der Waals surface area (Å²) in [5.41, 5.74) is 6.71. The first-order valence-electron chi connectivity index (χ1n) is 6.44. The molecule has 3 atom stereocenters. The van der Waals surface area contributed by atoms with Gasteiger partial charge in [-0.1, -0.05) is 13.0 Å². The molecule has 3 N–H and O–H groups in total. The lowest BCUT2D eigenvalue weighted by Gasteiger charge is -2.20. The molecule has 0 aliphatic carbocycles. The van der Waals surface area contributed by atoms with Crippen molar-refractivity contribution in [3.8, 4) is 11.5 Å². The van der Waals surface area contributed by atoms with Crippen molar-refractivity contribution in [1.82, 2.24) is 5.32 Å². The average molecular weight is 301 g/mol. The molecule has 1 heterocycles. The molecule has 112 valence electrons. The van der Waals surface area contributed by atoms with E-state index >= 15 is 0 Å². The molecular formula is C14H21ClN2O3. The Labute approximate surface area is 125 Å². The normalized spacial score (nSPS) is 16.8. The summed E-state index contributed by atoms with van der Waals surface area (Å²) in [6.45, 7) is 5.84. The Hall–Kier alpha value is -1.46. The minimum absolute atomic E-state index is 0. The number of nitrogens with two attached hydrogens (primary N) is 1. The SMILES string of the molecule is CC(NC(=O)C(C)C(C)N)c1ccc2c(c1)OCO2.Cl. The molecule has 1 aliphatic heterocycles. The number of carbonyl (C=O) groups excluding carboxylic acids is 1. The second kappa shape index (κ2) is 6.81. The van der Waals surface area contributed by atoms with Gasteiger partial charge in [0.1, 0.15) is 0 Å². The van der Waals surface area contributed by atoms with Crippen LogP contribution >= 0.6 is 12.4 Å². The van der Waals surface area contributed by atoms with Crippen molar-refractivity contribution in [3.63, 3.8) is 0 Å². The van der Waals surface area contributed by atoms with Crippen molar-refractivity contribution in [2.75, 3.05) is 6.79 Å². The summed E-state index contributed by atoms with van der Waals surface area (Å²) < 4.78 is 10.6. The Balaban J connectivity index is 0.00000200. The monoisotopic (exact) mass is 300 g/mol.